The highest BCUT2D eigenvalue weighted by Crippen LogP contribution is 2.56. The van der Waals surface area contributed by atoms with E-state index in [-0.39, 0.29) is 23.6 Å². The Morgan fingerprint density at radius 3 is 2.24 bits per heavy atom. The van der Waals surface area contributed by atoms with Gasteiger partial charge in [-0.05, 0) is 62.6 Å². The predicted octanol–water partition coefficient (Wildman–Crippen LogP) is 4.44. The van der Waals surface area contributed by atoms with Gasteiger partial charge in [-0.3, -0.25) is 14.4 Å². The van der Waals surface area contributed by atoms with Gasteiger partial charge in [-0.1, -0.05) is 78.4 Å². The fraction of sp³-hybridized carbons (Fsp3) is 0.447. The lowest BCUT2D eigenvalue weighted by Crippen LogP contribution is -2.60. The van der Waals surface area contributed by atoms with Crippen LogP contribution in [0.15, 0.2) is 84.4 Å². The van der Waals surface area contributed by atoms with E-state index >= 15 is 0 Å². The third kappa shape index (κ3) is 7.18. The van der Waals surface area contributed by atoms with Crippen LogP contribution in [-0.4, -0.2) is 102 Å². The first-order chi connectivity index (χ1) is 21.8. The van der Waals surface area contributed by atoms with Crippen molar-refractivity contribution in [1.29, 1.82) is 0 Å². The minimum Gasteiger partial charge on any atom is -0.338 e. The standard InChI is InChI=1S/C38H49N5O3/c1-27(25-37(2,3)39)22-34(44)41(5)33(24-28-16-17-29-12-10-11-15-31(29)23-28)35(45)42(6)38(26-32(38)30-13-8-7-9-14-30)36(46)43-20-18-40(4)19-21-43/h7-17,22-23,32-33H,18-21,24-26,39H2,1-6H3/b27-22+/t32-,33-,38?/m1/s1. The van der Waals surface area contributed by atoms with Crippen LogP contribution < -0.4 is 5.73 Å². The Bertz CT molecular complexity index is 1610. The molecule has 3 aromatic carbocycles. The van der Waals surface area contributed by atoms with Gasteiger partial charge >= 0.3 is 0 Å². The molecule has 3 amide bonds. The molecule has 2 N–H and O–H groups in total. The predicted molar refractivity (Wildman–Crippen MR) is 184 cm³/mol. The summed E-state index contributed by atoms with van der Waals surface area (Å²) in [7, 11) is 5.50. The number of benzene rings is 3. The Hall–Kier alpha value is -4.01. The minimum absolute atomic E-state index is 0.00958. The number of hydrogen-bond acceptors (Lipinski definition) is 5. The summed E-state index contributed by atoms with van der Waals surface area (Å²) in [4.78, 5) is 50.3. The zero-order valence-corrected chi connectivity index (χ0v) is 28.2. The first-order valence-electron chi connectivity index (χ1n) is 16.3. The van der Waals surface area contributed by atoms with Crippen LogP contribution in [0, 0.1) is 0 Å². The van der Waals surface area contributed by atoms with E-state index in [1.807, 2.05) is 74.2 Å². The Morgan fingerprint density at radius 1 is 0.957 bits per heavy atom. The Morgan fingerprint density at radius 2 is 1.59 bits per heavy atom. The maximum Gasteiger partial charge on any atom is 0.249 e. The molecule has 2 fully saturated rings. The van der Waals surface area contributed by atoms with Crippen molar-refractivity contribution >= 4 is 28.5 Å². The fourth-order valence-electron chi connectivity index (χ4n) is 7.00. The highest BCUT2D eigenvalue weighted by atomic mass is 16.2. The van der Waals surface area contributed by atoms with Crippen LogP contribution >= 0.6 is 0 Å². The van der Waals surface area contributed by atoms with Crippen LogP contribution in [0.4, 0.5) is 0 Å². The summed E-state index contributed by atoms with van der Waals surface area (Å²) in [5, 5.41) is 2.18. The molecule has 0 spiro atoms. The highest BCUT2D eigenvalue weighted by Gasteiger charge is 2.66. The van der Waals surface area contributed by atoms with Crippen molar-refractivity contribution in [3.05, 3.63) is 95.6 Å². The Kier molecular flexibility index (Phi) is 9.70. The second-order valence-electron chi connectivity index (χ2n) is 14.1. The largest absolute Gasteiger partial charge is 0.338 e. The smallest absolute Gasteiger partial charge is 0.249 e. The molecule has 1 aliphatic heterocycles. The lowest BCUT2D eigenvalue weighted by molar-refractivity contribution is -0.151. The van der Waals surface area contributed by atoms with Crippen molar-refractivity contribution in [1.82, 2.24) is 19.6 Å². The molecule has 1 saturated heterocycles. The van der Waals surface area contributed by atoms with E-state index < -0.39 is 17.1 Å². The summed E-state index contributed by atoms with van der Waals surface area (Å²) in [5.74, 6) is -0.630. The van der Waals surface area contributed by atoms with Gasteiger partial charge in [0.15, 0.2) is 0 Å². The molecule has 2 aliphatic rings. The fourth-order valence-corrected chi connectivity index (χ4v) is 7.00. The molecular weight excluding hydrogens is 574 g/mol. The molecule has 1 aliphatic carbocycles. The van der Waals surface area contributed by atoms with Crippen molar-refractivity contribution in [2.45, 2.75) is 63.1 Å². The molecule has 8 nitrogen and oxygen atoms in total. The number of nitrogens with two attached hydrogens (primary N) is 1. The molecule has 0 radical (unpaired) electrons. The van der Waals surface area contributed by atoms with E-state index in [2.05, 4.69) is 36.2 Å². The average Bonchev–Trinajstić information content (AvgIpc) is 3.79. The summed E-state index contributed by atoms with van der Waals surface area (Å²) in [6, 6.07) is 23.4. The van der Waals surface area contributed by atoms with E-state index in [1.165, 1.54) is 4.90 Å². The lowest BCUT2D eigenvalue weighted by atomic mass is 9.96. The molecule has 46 heavy (non-hydrogen) atoms. The number of fused-ring (bicyclic) bond motifs is 1. The molecule has 0 bridgehead atoms. The van der Waals surface area contributed by atoms with Crippen molar-refractivity contribution in [3.63, 3.8) is 0 Å². The number of nitrogens with zero attached hydrogens (tertiary/aromatic N) is 4. The van der Waals surface area contributed by atoms with E-state index in [9.17, 15) is 14.4 Å². The van der Waals surface area contributed by atoms with Gasteiger partial charge in [0, 0.05) is 64.2 Å². The first-order valence-corrected chi connectivity index (χ1v) is 16.3. The normalized spacial score (nSPS) is 21.2. The van der Waals surface area contributed by atoms with Gasteiger partial charge in [0.05, 0.1) is 0 Å². The van der Waals surface area contributed by atoms with E-state index in [0.29, 0.717) is 32.4 Å². The summed E-state index contributed by atoms with van der Waals surface area (Å²) < 4.78 is 0. The molecule has 8 heteroatoms. The topological polar surface area (TPSA) is 90.2 Å². The molecule has 3 aromatic rings. The van der Waals surface area contributed by atoms with Crippen LogP contribution in [0.2, 0.25) is 0 Å². The van der Waals surface area contributed by atoms with Crippen LogP contribution in [0.1, 0.15) is 50.7 Å². The average molecular weight is 624 g/mol. The summed E-state index contributed by atoms with van der Waals surface area (Å²) in [5.41, 5.74) is 7.61. The van der Waals surface area contributed by atoms with Crippen LogP contribution in [0.3, 0.4) is 0 Å². The van der Waals surface area contributed by atoms with Crippen LogP contribution in [0.5, 0.6) is 0 Å². The zero-order chi connectivity index (χ0) is 33.2. The molecular formula is C38H49N5O3. The first kappa shape index (κ1) is 33.4. The Labute approximate surface area is 273 Å². The van der Waals surface area contributed by atoms with Crippen molar-refractivity contribution in [2.75, 3.05) is 47.3 Å². The molecule has 1 unspecified atom stereocenters. The number of hydrogen-bond donors (Lipinski definition) is 1. The number of carbonyl (C=O) groups is 3. The number of likely N-dealkylation sites (N-methyl/N-ethyl adjacent to an activating group) is 3. The van der Waals surface area contributed by atoms with E-state index in [1.54, 1.807) is 25.1 Å². The molecule has 1 heterocycles. The molecule has 244 valence electrons. The maximum atomic E-state index is 14.8. The van der Waals surface area contributed by atoms with Gasteiger partial charge in [0.2, 0.25) is 17.7 Å². The van der Waals surface area contributed by atoms with Gasteiger partial charge in [0.25, 0.3) is 0 Å². The summed E-state index contributed by atoms with van der Waals surface area (Å²) in [6.07, 6.45) is 3.01. The number of amides is 3. The van der Waals surface area contributed by atoms with Crippen molar-refractivity contribution in [3.8, 4) is 0 Å². The quantitative estimate of drug-likeness (QED) is 0.338. The van der Waals surface area contributed by atoms with Gasteiger partial charge < -0.3 is 25.3 Å². The van der Waals surface area contributed by atoms with Gasteiger partial charge in [-0.25, -0.2) is 0 Å². The summed E-state index contributed by atoms with van der Waals surface area (Å²) >= 11 is 0. The number of rotatable bonds is 10. The summed E-state index contributed by atoms with van der Waals surface area (Å²) in [6.45, 7) is 8.59. The minimum atomic E-state index is -1.00. The highest BCUT2D eigenvalue weighted by molar-refractivity contribution is 5.99. The monoisotopic (exact) mass is 623 g/mol. The number of piperazine rings is 1. The van der Waals surface area contributed by atoms with Crippen molar-refractivity contribution < 1.29 is 14.4 Å². The second kappa shape index (κ2) is 13.4. The lowest BCUT2D eigenvalue weighted by Gasteiger charge is -2.40. The van der Waals surface area contributed by atoms with Crippen molar-refractivity contribution in [2.24, 2.45) is 5.73 Å². The molecule has 0 aromatic heterocycles. The van der Waals surface area contributed by atoms with Crippen LogP contribution in [0.25, 0.3) is 10.8 Å². The van der Waals surface area contributed by atoms with E-state index in [0.717, 1.165) is 40.6 Å². The SMILES string of the molecule is C/C(=C\C(=O)N(C)[C@H](Cc1ccc2ccccc2c1)C(=O)N(C)C1(C(=O)N2CCN(C)CC2)C[C@@H]1c1ccccc1)CC(C)(C)N. The zero-order valence-electron chi connectivity index (χ0n) is 28.2. The second-order valence-corrected chi connectivity index (χ2v) is 14.1. The maximum absolute atomic E-state index is 14.8. The molecule has 5 rings (SSSR count). The molecule has 1 saturated carbocycles. The van der Waals surface area contributed by atoms with Gasteiger partial charge in [-0.2, -0.15) is 0 Å². The Balaban J connectivity index is 1.50. The third-order valence-electron chi connectivity index (χ3n) is 9.67. The van der Waals surface area contributed by atoms with Crippen LogP contribution in [-0.2, 0) is 20.8 Å². The number of carbonyl (C=O) groups excluding carboxylic acids is 3. The van der Waals surface area contributed by atoms with E-state index in [4.69, 9.17) is 5.73 Å². The molecule has 3 atom stereocenters. The van der Waals surface area contributed by atoms with Gasteiger partial charge in [0.1, 0.15) is 11.6 Å². The third-order valence-corrected chi connectivity index (χ3v) is 9.67. The van der Waals surface area contributed by atoms with Gasteiger partial charge in [-0.15, -0.1) is 0 Å².